The average Bonchev–Trinajstić information content (AvgIpc) is 2.73. The number of fused-ring (bicyclic) bond motifs is 3. The second-order valence-corrected chi connectivity index (χ2v) is 7.06. The molecule has 0 saturated carbocycles. The van der Waals surface area contributed by atoms with Gasteiger partial charge in [-0.2, -0.15) is 5.10 Å². The molecule has 3 nitrogen and oxygen atoms in total. The van der Waals surface area contributed by atoms with Gasteiger partial charge in [-0.15, -0.1) is 0 Å². The van der Waals surface area contributed by atoms with Gasteiger partial charge in [-0.1, -0.05) is 60.1 Å². The van der Waals surface area contributed by atoms with Crippen LogP contribution in [-0.4, -0.2) is 11.2 Å². The molecule has 0 saturated heterocycles. The van der Waals surface area contributed by atoms with Crippen molar-refractivity contribution in [2.24, 2.45) is 5.10 Å². The van der Waals surface area contributed by atoms with E-state index in [2.05, 4.69) is 70.1 Å². The molecule has 1 N–H and O–H groups in total. The Kier molecular flexibility index (Phi) is 4.15. The van der Waals surface area contributed by atoms with Crippen LogP contribution in [0.3, 0.4) is 0 Å². The summed E-state index contributed by atoms with van der Waals surface area (Å²) in [4.78, 5) is 4.37. The molecule has 0 unspecified atom stereocenters. The molecular formula is C24H16ClN3. The van der Waals surface area contributed by atoms with Crippen LogP contribution in [-0.2, 0) is 0 Å². The predicted molar refractivity (Wildman–Crippen MR) is 119 cm³/mol. The van der Waals surface area contributed by atoms with Crippen LogP contribution in [0.1, 0.15) is 5.56 Å². The molecule has 0 radical (unpaired) electrons. The largest absolute Gasteiger partial charge is 0.278 e. The van der Waals surface area contributed by atoms with E-state index in [1.165, 1.54) is 21.5 Å². The highest BCUT2D eigenvalue weighted by molar-refractivity contribution is 6.31. The van der Waals surface area contributed by atoms with Gasteiger partial charge in [-0.3, -0.25) is 10.4 Å². The van der Waals surface area contributed by atoms with Gasteiger partial charge in [0.25, 0.3) is 0 Å². The highest BCUT2D eigenvalue weighted by Gasteiger charge is 2.06. The quantitative estimate of drug-likeness (QED) is 0.216. The van der Waals surface area contributed by atoms with E-state index < -0.39 is 0 Å². The van der Waals surface area contributed by atoms with E-state index in [-0.39, 0.29) is 0 Å². The number of hydrogen-bond acceptors (Lipinski definition) is 3. The van der Waals surface area contributed by atoms with Gasteiger partial charge in [0.05, 0.1) is 17.4 Å². The fourth-order valence-corrected chi connectivity index (χ4v) is 3.74. The highest BCUT2D eigenvalue weighted by atomic mass is 35.5. The zero-order valence-corrected chi connectivity index (χ0v) is 15.7. The van der Waals surface area contributed by atoms with Crippen LogP contribution in [0.5, 0.6) is 0 Å². The maximum Gasteiger partial charge on any atom is 0.0738 e. The Morgan fingerprint density at radius 3 is 2.25 bits per heavy atom. The number of nitrogens with one attached hydrogen (secondary N) is 1. The second-order valence-electron chi connectivity index (χ2n) is 6.62. The zero-order valence-electron chi connectivity index (χ0n) is 14.9. The number of aromatic nitrogens is 1. The molecule has 4 heteroatoms. The Hall–Kier alpha value is -3.43. The van der Waals surface area contributed by atoms with Crippen LogP contribution in [0, 0.1) is 0 Å². The minimum Gasteiger partial charge on any atom is -0.278 e. The third kappa shape index (κ3) is 2.96. The molecule has 1 heterocycles. The summed E-state index contributed by atoms with van der Waals surface area (Å²) in [5.41, 5.74) is 6.00. The average molecular weight is 382 g/mol. The van der Waals surface area contributed by atoms with Crippen molar-refractivity contribution in [3.05, 3.63) is 95.6 Å². The van der Waals surface area contributed by atoms with E-state index in [0.29, 0.717) is 5.02 Å². The van der Waals surface area contributed by atoms with Crippen molar-refractivity contribution in [1.82, 2.24) is 4.98 Å². The molecule has 0 amide bonds. The molecule has 1 aromatic heterocycles. The molecule has 5 rings (SSSR count). The SMILES string of the molecule is Clc1ccc2c(NN=Cc3c4ccccc4cc4ccccc34)ccnc2c1. The minimum atomic E-state index is 0.669. The molecule has 0 aliphatic carbocycles. The molecule has 0 atom stereocenters. The maximum atomic E-state index is 6.08. The Morgan fingerprint density at radius 2 is 1.50 bits per heavy atom. The summed E-state index contributed by atoms with van der Waals surface area (Å²) < 4.78 is 0. The van der Waals surface area contributed by atoms with Crippen molar-refractivity contribution in [2.75, 3.05) is 5.43 Å². The van der Waals surface area contributed by atoms with Crippen LogP contribution < -0.4 is 5.43 Å². The maximum absolute atomic E-state index is 6.08. The van der Waals surface area contributed by atoms with Crippen molar-refractivity contribution in [1.29, 1.82) is 0 Å². The van der Waals surface area contributed by atoms with Crippen molar-refractivity contribution >= 4 is 56.0 Å². The summed E-state index contributed by atoms with van der Waals surface area (Å²) in [5, 5.41) is 11.0. The Labute approximate surface area is 167 Å². The Morgan fingerprint density at radius 1 is 0.786 bits per heavy atom. The standard InChI is InChI=1S/C24H16ClN3/c25-18-9-10-21-23(11-12-26-24(21)14-18)28-27-15-22-19-7-3-1-5-16(19)13-17-6-2-4-8-20(17)22/h1-15H,(H,26,28). The number of hydrogen-bond donors (Lipinski definition) is 1. The lowest BCUT2D eigenvalue weighted by Gasteiger charge is -2.09. The number of benzene rings is 4. The van der Waals surface area contributed by atoms with E-state index >= 15 is 0 Å². The van der Waals surface area contributed by atoms with Crippen molar-refractivity contribution in [3.8, 4) is 0 Å². The lowest BCUT2D eigenvalue weighted by atomic mass is 9.97. The van der Waals surface area contributed by atoms with Gasteiger partial charge in [0.1, 0.15) is 0 Å². The lowest BCUT2D eigenvalue weighted by molar-refractivity contribution is 1.33. The minimum absolute atomic E-state index is 0.669. The monoisotopic (exact) mass is 381 g/mol. The van der Waals surface area contributed by atoms with E-state index in [4.69, 9.17) is 11.6 Å². The molecule has 5 aromatic rings. The molecule has 0 aliphatic rings. The molecule has 0 aliphatic heterocycles. The first-order valence-electron chi connectivity index (χ1n) is 9.03. The first-order chi connectivity index (χ1) is 13.8. The van der Waals surface area contributed by atoms with Crippen LogP contribution >= 0.6 is 11.6 Å². The number of rotatable bonds is 3. The lowest BCUT2D eigenvalue weighted by Crippen LogP contribution is -1.94. The van der Waals surface area contributed by atoms with E-state index in [9.17, 15) is 0 Å². The molecule has 0 fully saturated rings. The fraction of sp³-hybridized carbons (Fsp3) is 0. The molecule has 28 heavy (non-hydrogen) atoms. The van der Waals surface area contributed by atoms with Gasteiger partial charge in [0.2, 0.25) is 0 Å². The highest BCUT2D eigenvalue weighted by Crippen LogP contribution is 2.28. The molecule has 4 aromatic carbocycles. The van der Waals surface area contributed by atoms with Crippen molar-refractivity contribution < 1.29 is 0 Å². The summed E-state index contributed by atoms with van der Waals surface area (Å²) in [5.74, 6) is 0. The third-order valence-electron chi connectivity index (χ3n) is 4.90. The molecule has 0 bridgehead atoms. The van der Waals surface area contributed by atoms with Crippen molar-refractivity contribution in [2.45, 2.75) is 0 Å². The van der Waals surface area contributed by atoms with Crippen molar-refractivity contribution in [3.63, 3.8) is 0 Å². The normalized spacial score (nSPS) is 11.6. The van der Waals surface area contributed by atoms with Crippen LogP contribution in [0.15, 0.2) is 90.2 Å². The first kappa shape index (κ1) is 16.7. The summed E-state index contributed by atoms with van der Waals surface area (Å²) >= 11 is 6.08. The number of anilines is 1. The van der Waals surface area contributed by atoms with Gasteiger partial charge in [-0.05, 0) is 51.9 Å². The van der Waals surface area contributed by atoms with Gasteiger partial charge in [0, 0.05) is 22.2 Å². The van der Waals surface area contributed by atoms with E-state index in [0.717, 1.165) is 22.2 Å². The summed E-state index contributed by atoms with van der Waals surface area (Å²) in [6.45, 7) is 0. The van der Waals surface area contributed by atoms with Gasteiger partial charge in [0.15, 0.2) is 0 Å². The summed E-state index contributed by atoms with van der Waals surface area (Å²) in [7, 11) is 0. The number of hydrazone groups is 1. The van der Waals surface area contributed by atoms with Gasteiger partial charge < -0.3 is 0 Å². The zero-order chi connectivity index (χ0) is 18.9. The fourth-order valence-electron chi connectivity index (χ4n) is 3.57. The Balaban J connectivity index is 1.59. The first-order valence-corrected chi connectivity index (χ1v) is 9.41. The topological polar surface area (TPSA) is 37.3 Å². The van der Waals surface area contributed by atoms with Gasteiger partial charge in [-0.25, -0.2) is 0 Å². The van der Waals surface area contributed by atoms with E-state index in [1.54, 1.807) is 6.20 Å². The third-order valence-corrected chi connectivity index (χ3v) is 5.13. The predicted octanol–water partition coefficient (Wildman–Crippen LogP) is 6.64. The van der Waals surface area contributed by atoms with Gasteiger partial charge >= 0.3 is 0 Å². The summed E-state index contributed by atoms with van der Waals surface area (Å²) in [6, 6.07) is 26.6. The Bertz CT molecular complexity index is 1300. The molecular weight excluding hydrogens is 366 g/mol. The number of halogens is 1. The van der Waals surface area contributed by atoms with E-state index in [1.807, 2.05) is 30.5 Å². The summed E-state index contributed by atoms with van der Waals surface area (Å²) in [6.07, 6.45) is 3.65. The second kappa shape index (κ2) is 6.95. The van der Waals surface area contributed by atoms with Crippen LogP contribution in [0.2, 0.25) is 5.02 Å². The molecule has 134 valence electrons. The number of nitrogens with zero attached hydrogens (tertiary/aromatic N) is 2. The van der Waals surface area contributed by atoms with Crippen LogP contribution in [0.25, 0.3) is 32.4 Å². The molecule has 0 spiro atoms. The number of pyridine rings is 1. The smallest absolute Gasteiger partial charge is 0.0738 e. The van der Waals surface area contributed by atoms with Crippen LogP contribution in [0.4, 0.5) is 5.69 Å².